The molecule has 0 aliphatic heterocycles. The lowest BCUT2D eigenvalue weighted by Gasteiger charge is -2.35. The molecule has 2 aliphatic carbocycles. The lowest BCUT2D eigenvalue weighted by Crippen LogP contribution is -2.45. The summed E-state index contributed by atoms with van der Waals surface area (Å²) < 4.78 is 0. The Morgan fingerprint density at radius 2 is 1.90 bits per heavy atom. The number of hydrogen-bond acceptors (Lipinski definition) is 2. The maximum Gasteiger partial charge on any atom is 0.0177 e. The molecule has 3 unspecified atom stereocenters. The van der Waals surface area contributed by atoms with Gasteiger partial charge in [-0.1, -0.05) is 44.2 Å². The van der Waals surface area contributed by atoms with E-state index >= 15 is 0 Å². The summed E-state index contributed by atoms with van der Waals surface area (Å²) in [4.78, 5) is 2.55. The fraction of sp³-hybridized carbons (Fsp3) is 0.684. The largest absolute Gasteiger partial charge is 0.313 e. The van der Waals surface area contributed by atoms with Crippen LogP contribution in [0.2, 0.25) is 0 Å². The number of nitrogens with zero attached hydrogens (tertiary/aromatic N) is 1. The van der Waals surface area contributed by atoms with Crippen LogP contribution < -0.4 is 5.32 Å². The smallest absolute Gasteiger partial charge is 0.0177 e. The lowest BCUT2D eigenvalue weighted by atomic mass is 9.81. The molecule has 2 fully saturated rings. The second-order valence-electron chi connectivity index (χ2n) is 7.75. The van der Waals surface area contributed by atoms with Gasteiger partial charge in [0.2, 0.25) is 0 Å². The van der Waals surface area contributed by atoms with Crippen molar-refractivity contribution in [2.45, 2.75) is 44.6 Å². The van der Waals surface area contributed by atoms with Crippen molar-refractivity contribution in [1.82, 2.24) is 10.2 Å². The first-order valence-corrected chi connectivity index (χ1v) is 8.54. The van der Waals surface area contributed by atoms with E-state index in [0.29, 0.717) is 0 Å². The van der Waals surface area contributed by atoms with Crippen LogP contribution in [0.1, 0.15) is 38.7 Å². The molecule has 2 saturated carbocycles. The first kappa shape index (κ1) is 15.1. The zero-order valence-corrected chi connectivity index (χ0v) is 13.8. The van der Waals surface area contributed by atoms with Gasteiger partial charge in [-0.15, -0.1) is 0 Å². The Morgan fingerprint density at radius 3 is 2.48 bits per heavy atom. The molecule has 21 heavy (non-hydrogen) atoms. The number of hydrogen-bond donors (Lipinski definition) is 1. The number of rotatable bonds is 8. The molecule has 116 valence electrons. The molecule has 0 bridgehead atoms. The summed E-state index contributed by atoms with van der Waals surface area (Å²) in [5.41, 5.74) is 1.67. The van der Waals surface area contributed by atoms with Gasteiger partial charge in [0.25, 0.3) is 0 Å². The van der Waals surface area contributed by atoms with Crippen LogP contribution >= 0.6 is 0 Å². The van der Waals surface area contributed by atoms with Crippen molar-refractivity contribution in [3.8, 4) is 0 Å². The molecule has 0 amide bonds. The molecule has 1 aromatic carbocycles. The van der Waals surface area contributed by atoms with Crippen LogP contribution in [0, 0.1) is 11.8 Å². The van der Waals surface area contributed by atoms with E-state index in [9.17, 15) is 0 Å². The first-order valence-electron chi connectivity index (χ1n) is 8.54. The Hall–Kier alpha value is -0.860. The van der Waals surface area contributed by atoms with E-state index < -0.39 is 0 Å². The molecule has 2 heteroatoms. The topological polar surface area (TPSA) is 15.3 Å². The van der Waals surface area contributed by atoms with Gasteiger partial charge in [0, 0.05) is 31.1 Å². The van der Waals surface area contributed by atoms with Crippen LogP contribution in [0.3, 0.4) is 0 Å². The molecule has 0 radical (unpaired) electrons. The molecule has 0 aromatic heterocycles. The summed E-state index contributed by atoms with van der Waals surface area (Å²) in [6.45, 7) is 8.29. The van der Waals surface area contributed by atoms with Crippen molar-refractivity contribution in [3.05, 3.63) is 35.9 Å². The van der Waals surface area contributed by atoms with Gasteiger partial charge in [0.1, 0.15) is 0 Å². The second-order valence-corrected chi connectivity index (χ2v) is 7.75. The SMILES string of the molecule is CC1CC1CN(C)CC(C)(CNC1CC1)c1ccccc1. The van der Waals surface area contributed by atoms with E-state index in [2.05, 4.69) is 61.4 Å². The van der Waals surface area contributed by atoms with Crippen molar-refractivity contribution < 1.29 is 0 Å². The Bertz CT molecular complexity index is 454. The second kappa shape index (κ2) is 6.10. The van der Waals surface area contributed by atoms with E-state index in [1.807, 2.05) is 0 Å². The Kier molecular flexibility index (Phi) is 4.37. The summed E-state index contributed by atoms with van der Waals surface area (Å²) in [5, 5.41) is 3.75. The third-order valence-corrected chi connectivity index (χ3v) is 5.27. The highest BCUT2D eigenvalue weighted by Crippen LogP contribution is 2.38. The summed E-state index contributed by atoms with van der Waals surface area (Å²) in [6, 6.07) is 11.8. The monoisotopic (exact) mass is 286 g/mol. The highest BCUT2D eigenvalue weighted by atomic mass is 15.1. The minimum Gasteiger partial charge on any atom is -0.313 e. The van der Waals surface area contributed by atoms with E-state index in [-0.39, 0.29) is 5.41 Å². The molecule has 0 spiro atoms. The minimum absolute atomic E-state index is 0.205. The number of benzene rings is 1. The highest BCUT2D eigenvalue weighted by Gasteiger charge is 2.36. The molecular formula is C19H30N2. The molecule has 1 N–H and O–H groups in total. The third-order valence-electron chi connectivity index (χ3n) is 5.27. The first-order chi connectivity index (χ1) is 10.1. The van der Waals surface area contributed by atoms with Crippen LogP contribution in [-0.4, -0.2) is 37.6 Å². The van der Waals surface area contributed by atoms with Crippen molar-refractivity contribution in [2.24, 2.45) is 11.8 Å². The Morgan fingerprint density at radius 1 is 1.24 bits per heavy atom. The number of likely N-dealkylation sites (N-methyl/N-ethyl adjacent to an activating group) is 1. The highest BCUT2D eigenvalue weighted by molar-refractivity contribution is 5.26. The number of nitrogens with one attached hydrogen (secondary N) is 1. The van der Waals surface area contributed by atoms with Gasteiger partial charge in [0.15, 0.2) is 0 Å². The predicted octanol–water partition coefficient (Wildman–Crippen LogP) is 3.28. The molecular weight excluding hydrogens is 256 g/mol. The van der Waals surface area contributed by atoms with E-state index in [1.54, 1.807) is 0 Å². The van der Waals surface area contributed by atoms with Crippen molar-refractivity contribution in [3.63, 3.8) is 0 Å². The predicted molar refractivity (Wildman–Crippen MR) is 89.6 cm³/mol. The standard InChI is InChI=1S/C19H30N2/c1-15-11-16(15)12-21(3)14-19(2,13-20-18-9-10-18)17-7-5-4-6-8-17/h4-8,15-16,18,20H,9-14H2,1-3H3. The van der Waals surface area contributed by atoms with E-state index in [1.165, 1.54) is 31.4 Å². The molecule has 3 atom stereocenters. The van der Waals surface area contributed by atoms with Crippen LogP contribution in [0.5, 0.6) is 0 Å². The van der Waals surface area contributed by atoms with Gasteiger partial charge in [-0.2, -0.15) is 0 Å². The minimum atomic E-state index is 0.205. The fourth-order valence-electron chi connectivity index (χ4n) is 3.46. The van der Waals surface area contributed by atoms with E-state index in [0.717, 1.165) is 31.0 Å². The van der Waals surface area contributed by atoms with E-state index in [4.69, 9.17) is 0 Å². The Labute approximate surface area is 129 Å². The van der Waals surface area contributed by atoms with Gasteiger partial charge >= 0.3 is 0 Å². The van der Waals surface area contributed by atoms with Crippen LogP contribution in [0.4, 0.5) is 0 Å². The fourth-order valence-corrected chi connectivity index (χ4v) is 3.46. The van der Waals surface area contributed by atoms with Crippen LogP contribution in [0.15, 0.2) is 30.3 Å². The van der Waals surface area contributed by atoms with Crippen LogP contribution in [0.25, 0.3) is 0 Å². The van der Waals surface area contributed by atoms with Gasteiger partial charge in [-0.25, -0.2) is 0 Å². The molecule has 2 nitrogen and oxygen atoms in total. The van der Waals surface area contributed by atoms with Crippen molar-refractivity contribution in [2.75, 3.05) is 26.7 Å². The molecule has 3 rings (SSSR count). The molecule has 0 saturated heterocycles. The molecule has 0 heterocycles. The van der Waals surface area contributed by atoms with Gasteiger partial charge in [-0.05, 0) is 43.7 Å². The van der Waals surface area contributed by atoms with Crippen LogP contribution in [-0.2, 0) is 5.41 Å². The average Bonchev–Trinajstić information content (AvgIpc) is 3.37. The zero-order valence-electron chi connectivity index (χ0n) is 13.8. The Balaban J connectivity index is 1.65. The third kappa shape index (κ3) is 4.08. The molecule has 2 aliphatic rings. The maximum atomic E-state index is 3.75. The van der Waals surface area contributed by atoms with Gasteiger partial charge < -0.3 is 10.2 Å². The quantitative estimate of drug-likeness (QED) is 0.789. The summed E-state index contributed by atoms with van der Waals surface area (Å²) in [6.07, 6.45) is 4.15. The summed E-state index contributed by atoms with van der Waals surface area (Å²) in [5.74, 6) is 1.88. The lowest BCUT2D eigenvalue weighted by molar-refractivity contribution is 0.238. The average molecular weight is 286 g/mol. The van der Waals surface area contributed by atoms with Gasteiger partial charge in [0.05, 0.1) is 0 Å². The zero-order chi connectivity index (χ0) is 14.9. The van der Waals surface area contributed by atoms with Crippen molar-refractivity contribution >= 4 is 0 Å². The van der Waals surface area contributed by atoms with Gasteiger partial charge in [-0.3, -0.25) is 0 Å². The normalized spacial score (nSPS) is 27.6. The summed E-state index contributed by atoms with van der Waals surface area (Å²) >= 11 is 0. The summed E-state index contributed by atoms with van der Waals surface area (Å²) in [7, 11) is 2.29. The molecule has 1 aromatic rings. The van der Waals surface area contributed by atoms with Crippen molar-refractivity contribution in [1.29, 1.82) is 0 Å². The maximum absolute atomic E-state index is 3.75.